The third kappa shape index (κ3) is 6.58. The minimum absolute atomic E-state index is 0.0315. The van der Waals surface area contributed by atoms with E-state index in [0.29, 0.717) is 24.2 Å². The first-order chi connectivity index (χ1) is 13.0. The third-order valence-electron chi connectivity index (χ3n) is 3.93. The van der Waals surface area contributed by atoms with Gasteiger partial charge in [-0.25, -0.2) is 0 Å². The molecule has 0 spiro atoms. The van der Waals surface area contributed by atoms with Crippen LogP contribution in [0.3, 0.4) is 0 Å². The number of benzene rings is 2. The van der Waals surface area contributed by atoms with Gasteiger partial charge in [0.1, 0.15) is 6.04 Å². The molecule has 0 heterocycles. The maximum Gasteiger partial charge on any atom is 0.251 e. The van der Waals surface area contributed by atoms with E-state index in [0.717, 1.165) is 12.0 Å². The predicted octanol–water partition coefficient (Wildman–Crippen LogP) is 2.86. The predicted molar refractivity (Wildman–Crippen MR) is 105 cm³/mol. The minimum atomic E-state index is -0.662. The Morgan fingerprint density at radius 2 is 1.74 bits per heavy atom. The molecular weight excluding hydrogens is 342 g/mol. The zero-order valence-electron chi connectivity index (χ0n) is 15.6. The van der Waals surface area contributed by atoms with Crippen molar-refractivity contribution in [1.82, 2.24) is 10.6 Å². The van der Waals surface area contributed by atoms with Crippen molar-refractivity contribution < 1.29 is 14.4 Å². The summed E-state index contributed by atoms with van der Waals surface area (Å²) in [5, 5.41) is 8.30. The van der Waals surface area contributed by atoms with Gasteiger partial charge in [-0.05, 0) is 43.2 Å². The molecule has 0 bridgehead atoms. The fraction of sp³-hybridized carbons (Fsp3) is 0.286. The number of carbonyl (C=O) groups is 3. The second-order valence-corrected chi connectivity index (χ2v) is 6.28. The standard InChI is InChI=1S/C21H25N3O3/c1-3-8-19(25)24-18-12-7-9-16(13-18)14-22-20(26)15(2)23-21(27)17-10-5-4-6-11-17/h4-7,9-13,15H,3,8,14H2,1-2H3,(H,22,26)(H,23,27)(H,24,25). The van der Waals surface area contributed by atoms with Crippen molar-refractivity contribution in [3.63, 3.8) is 0 Å². The van der Waals surface area contributed by atoms with Crippen LogP contribution >= 0.6 is 0 Å². The highest BCUT2D eigenvalue weighted by molar-refractivity contribution is 5.97. The maximum atomic E-state index is 12.2. The first-order valence-electron chi connectivity index (χ1n) is 9.02. The Morgan fingerprint density at radius 1 is 1.00 bits per heavy atom. The van der Waals surface area contributed by atoms with Crippen LogP contribution in [-0.4, -0.2) is 23.8 Å². The van der Waals surface area contributed by atoms with Crippen LogP contribution in [0.15, 0.2) is 54.6 Å². The Morgan fingerprint density at radius 3 is 2.44 bits per heavy atom. The molecule has 1 unspecified atom stereocenters. The lowest BCUT2D eigenvalue weighted by atomic mass is 10.1. The molecule has 2 rings (SSSR count). The Hall–Kier alpha value is -3.15. The van der Waals surface area contributed by atoms with E-state index < -0.39 is 6.04 Å². The van der Waals surface area contributed by atoms with E-state index in [1.54, 1.807) is 31.2 Å². The van der Waals surface area contributed by atoms with Gasteiger partial charge in [0.05, 0.1) is 0 Å². The molecule has 0 radical (unpaired) electrons. The van der Waals surface area contributed by atoms with Crippen LogP contribution in [0.4, 0.5) is 5.69 Å². The highest BCUT2D eigenvalue weighted by Crippen LogP contribution is 2.11. The van der Waals surface area contributed by atoms with E-state index in [1.165, 1.54) is 0 Å². The number of amides is 3. The second-order valence-electron chi connectivity index (χ2n) is 6.28. The lowest BCUT2D eigenvalue weighted by Gasteiger charge is -2.14. The number of rotatable bonds is 8. The van der Waals surface area contributed by atoms with Crippen LogP contribution in [0.1, 0.15) is 42.6 Å². The van der Waals surface area contributed by atoms with Crippen LogP contribution in [0.5, 0.6) is 0 Å². The topological polar surface area (TPSA) is 87.3 Å². The Labute approximate surface area is 159 Å². The summed E-state index contributed by atoms with van der Waals surface area (Å²) in [4.78, 5) is 36.0. The van der Waals surface area contributed by atoms with Crippen LogP contribution in [0.25, 0.3) is 0 Å². The van der Waals surface area contributed by atoms with Gasteiger partial charge in [-0.2, -0.15) is 0 Å². The molecular formula is C21H25N3O3. The van der Waals surface area contributed by atoms with E-state index >= 15 is 0 Å². The van der Waals surface area contributed by atoms with Crippen LogP contribution in [-0.2, 0) is 16.1 Å². The van der Waals surface area contributed by atoms with Gasteiger partial charge in [0.15, 0.2) is 0 Å². The molecule has 0 aliphatic rings. The molecule has 0 saturated carbocycles. The Kier molecular flexibility index (Phi) is 7.55. The van der Waals surface area contributed by atoms with E-state index in [-0.39, 0.29) is 17.7 Å². The van der Waals surface area contributed by atoms with Crippen molar-refractivity contribution >= 4 is 23.4 Å². The molecule has 0 fully saturated rings. The van der Waals surface area contributed by atoms with Crippen LogP contribution < -0.4 is 16.0 Å². The van der Waals surface area contributed by atoms with Gasteiger partial charge < -0.3 is 16.0 Å². The molecule has 0 aliphatic heterocycles. The lowest BCUT2D eigenvalue weighted by molar-refractivity contribution is -0.122. The fourth-order valence-corrected chi connectivity index (χ4v) is 2.49. The van der Waals surface area contributed by atoms with Gasteiger partial charge in [-0.1, -0.05) is 37.3 Å². The number of carbonyl (C=O) groups excluding carboxylic acids is 3. The first-order valence-corrected chi connectivity index (χ1v) is 9.02. The molecule has 2 aromatic rings. The molecule has 27 heavy (non-hydrogen) atoms. The second kappa shape index (κ2) is 10.1. The Balaban J connectivity index is 1.85. The minimum Gasteiger partial charge on any atom is -0.350 e. The SMILES string of the molecule is CCCC(=O)Nc1cccc(CNC(=O)C(C)NC(=O)c2ccccc2)c1. The molecule has 0 saturated heterocycles. The molecule has 0 aliphatic carbocycles. The summed E-state index contributed by atoms with van der Waals surface area (Å²) in [6.07, 6.45) is 1.26. The summed E-state index contributed by atoms with van der Waals surface area (Å²) in [6, 6.07) is 15.4. The van der Waals surface area contributed by atoms with E-state index in [9.17, 15) is 14.4 Å². The average molecular weight is 367 g/mol. The van der Waals surface area contributed by atoms with Crippen LogP contribution in [0, 0.1) is 0 Å². The fourth-order valence-electron chi connectivity index (χ4n) is 2.49. The largest absolute Gasteiger partial charge is 0.350 e. The third-order valence-corrected chi connectivity index (χ3v) is 3.93. The van der Waals surface area contributed by atoms with Crippen molar-refractivity contribution in [2.24, 2.45) is 0 Å². The molecule has 6 heteroatoms. The number of hydrogen-bond acceptors (Lipinski definition) is 3. The van der Waals surface area contributed by atoms with Gasteiger partial charge in [0.2, 0.25) is 11.8 Å². The highest BCUT2D eigenvalue weighted by atomic mass is 16.2. The summed E-state index contributed by atoms with van der Waals surface area (Å²) in [7, 11) is 0. The average Bonchev–Trinajstić information content (AvgIpc) is 2.67. The van der Waals surface area contributed by atoms with Gasteiger partial charge in [0, 0.05) is 24.2 Å². The lowest BCUT2D eigenvalue weighted by Crippen LogP contribution is -2.44. The smallest absolute Gasteiger partial charge is 0.251 e. The molecule has 3 amide bonds. The summed E-state index contributed by atoms with van der Waals surface area (Å²) >= 11 is 0. The summed E-state index contributed by atoms with van der Waals surface area (Å²) in [5.41, 5.74) is 2.07. The van der Waals surface area contributed by atoms with Crippen molar-refractivity contribution in [3.05, 3.63) is 65.7 Å². The highest BCUT2D eigenvalue weighted by Gasteiger charge is 2.16. The monoisotopic (exact) mass is 367 g/mol. The maximum absolute atomic E-state index is 12.2. The summed E-state index contributed by atoms with van der Waals surface area (Å²) in [5.74, 6) is -0.602. The Bertz CT molecular complexity index is 790. The molecule has 142 valence electrons. The van der Waals surface area contributed by atoms with Crippen LogP contribution in [0.2, 0.25) is 0 Å². The van der Waals surface area contributed by atoms with E-state index in [2.05, 4.69) is 16.0 Å². The van der Waals surface area contributed by atoms with Crippen molar-refractivity contribution in [3.8, 4) is 0 Å². The molecule has 3 N–H and O–H groups in total. The van der Waals surface area contributed by atoms with Crippen molar-refractivity contribution in [2.75, 3.05) is 5.32 Å². The van der Waals surface area contributed by atoms with Gasteiger partial charge in [-0.3, -0.25) is 14.4 Å². The molecule has 2 aromatic carbocycles. The van der Waals surface area contributed by atoms with Gasteiger partial charge in [0.25, 0.3) is 5.91 Å². The quantitative estimate of drug-likeness (QED) is 0.670. The zero-order chi connectivity index (χ0) is 19.6. The molecule has 1 atom stereocenters. The van der Waals surface area contributed by atoms with E-state index in [4.69, 9.17) is 0 Å². The van der Waals surface area contributed by atoms with Crippen molar-refractivity contribution in [2.45, 2.75) is 39.3 Å². The molecule has 6 nitrogen and oxygen atoms in total. The van der Waals surface area contributed by atoms with E-state index in [1.807, 2.05) is 37.3 Å². The zero-order valence-corrected chi connectivity index (χ0v) is 15.6. The number of nitrogens with one attached hydrogen (secondary N) is 3. The number of hydrogen-bond donors (Lipinski definition) is 3. The van der Waals surface area contributed by atoms with Crippen molar-refractivity contribution in [1.29, 1.82) is 0 Å². The molecule has 0 aromatic heterocycles. The normalized spacial score (nSPS) is 11.3. The first kappa shape index (κ1) is 20.2. The summed E-state index contributed by atoms with van der Waals surface area (Å²) < 4.78 is 0. The number of anilines is 1. The van der Waals surface area contributed by atoms with Gasteiger partial charge >= 0.3 is 0 Å². The van der Waals surface area contributed by atoms with Gasteiger partial charge in [-0.15, -0.1) is 0 Å². The summed E-state index contributed by atoms with van der Waals surface area (Å²) in [6.45, 7) is 3.89.